The van der Waals surface area contributed by atoms with Crippen LogP contribution in [0.4, 0.5) is 0 Å². The smallest absolute Gasteiger partial charge is 0.309 e. The first kappa shape index (κ1) is 26.3. The monoisotopic (exact) mass is 476 g/mol. The van der Waals surface area contributed by atoms with Gasteiger partial charge in [-0.05, 0) is 72.9 Å². The molecule has 0 amide bonds. The van der Waals surface area contributed by atoms with Crippen molar-refractivity contribution in [1.29, 1.82) is 0 Å². The summed E-state index contributed by atoms with van der Waals surface area (Å²) in [6.07, 6.45) is 3.08. The van der Waals surface area contributed by atoms with Crippen LogP contribution in [0.2, 0.25) is 0 Å². The second-order valence-electron chi connectivity index (χ2n) is 8.91. The highest BCUT2D eigenvalue weighted by molar-refractivity contribution is 5.72. The molecule has 5 heteroatoms. The number of hydrogen-bond acceptors (Lipinski definition) is 5. The zero-order chi connectivity index (χ0) is 25.2. The summed E-state index contributed by atoms with van der Waals surface area (Å²) in [4.78, 5) is 11.6. The first-order chi connectivity index (χ1) is 16.9. The number of esters is 1. The van der Waals surface area contributed by atoms with E-state index in [0.717, 1.165) is 41.5 Å². The Morgan fingerprint density at radius 3 is 2.03 bits per heavy atom. The topological polar surface area (TPSA) is 65.0 Å². The van der Waals surface area contributed by atoms with Gasteiger partial charge in [-0.3, -0.25) is 4.79 Å². The molecule has 3 aromatic rings. The summed E-state index contributed by atoms with van der Waals surface area (Å²) < 4.78 is 15.8. The van der Waals surface area contributed by atoms with Gasteiger partial charge >= 0.3 is 5.97 Å². The van der Waals surface area contributed by atoms with Crippen LogP contribution in [0.5, 0.6) is 11.5 Å². The number of hydrogen-bond donors (Lipinski definition) is 1. The average Bonchev–Trinajstić information content (AvgIpc) is 2.89. The molecule has 0 aliphatic carbocycles. The van der Waals surface area contributed by atoms with Gasteiger partial charge in [-0.15, -0.1) is 0 Å². The minimum atomic E-state index is -0.677. The van der Waals surface area contributed by atoms with Gasteiger partial charge in [0, 0.05) is 5.56 Å². The minimum absolute atomic E-state index is 0.00212. The van der Waals surface area contributed by atoms with Crippen molar-refractivity contribution in [1.82, 2.24) is 0 Å². The van der Waals surface area contributed by atoms with E-state index in [1.54, 1.807) is 14.2 Å². The zero-order valence-electron chi connectivity index (χ0n) is 21.1. The van der Waals surface area contributed by atoms with E-state index in [9.17, 15) is 9.90 Å². The summed E-state index contributed by atoms with van der Waals surface area (Å²) >= 11 is 0. The third-order valence-electron chi connectivity index (χ3n) is 6.54. The fourth-order valence-electron chi connectivity index (χ4n) is 4.47. The van der Waals surface area contributed by atoms with Crippen molar-refractivity contribution >= 4 is 5.97 Å². The number of aliphatic hydroxyl groups is 1. The molecular weight excluding hydrogens is 440 g/mol. The van der Waals surface area contributed by atoms with Crippen LogP contribution in [0.3, 0.4) is 0 Å². The number of aliphatic hydroxyl groups excluding tert-OH is 1. The van der Waals surface area contributed by atoms with Crippen LogP contribution in [-0.4, -0.2) is 32.4 Å². The predicted octanol–water partition coefficient (Wildman–Crippen LogP) is 5.64. The Labute approximate surface area is 208 Å². The third-order valence-corrected chi connectivity index (χ3v) is 6.54. The maximum atomic E-state index is 11.6. The molecule has 0 radical (unpaired) electrons. The van der Waals surface area contributed by atoms with Crippen molar-refractivity contribution in [2.75, 3.05) is 21.3 Å². The number of ether oxygens (including phenoxy) is 3. The number of benzene rings is 3. The van der Waals surface area contributed by atoms with Crippen molar-refractivity contribution in [3.8, 4) is 11.5 Å². The van der Waals surface area contributed by atoms with Gasteiger partial charge in [0.2, 0.25) is 0 Å². The van der Waals surface area contributed by atoms with Crippen molar-refractivity contribution in [2.45, 2.75) is 45.1 Å². The summed E-state index contributed by atoms with van der Waals surface area (Å²) in [6.45, 7) is 1.95. The third kappa shape index (κ3) is 7.33. The van der Waals surface area contributed by atoms with Crippen molar-refractivity contribution in [2.24, 2.45) is 5.92 Å². The Kier molecular flexibility index (Phi) is 9.74. The lowest BCUT2D eigenvalue weighted by Gasteiger charge is -2.25. The number of carbonyl (C=O) groups excluding carboxylic acids is 1. The molecule has 3 aromatic carbocycles. The Bertz CT molecular complexity index is 1050. The van der Waals surface area contributed by atoms with Gasteiger partial charge in [-0.2, -0.15) is 0 Å². The van der Waals surface area contributed by atoms with E-state index in [0.29, 0.717) is 17.9 Å². The van der Waals surface area contributed by atoms with E-state index in [2.05, 4.69) is 24.3 Å². The van der Waals surface area contributed by atoms with E-state index in [1.165, 1.54) is 12.7 Å². The van der Waals surface area contributed by atoms with E-state index in [-0.39, 0.29) is 18.3 Å². The lowest BCUT2D eigenvalue weighted by atomic mass is 9.85. The molecule has 0 fully saturated rings. The van der Waals surface area contributed by atoms with Crippen LogP contribution in [0.15, 0.2) is 66.7 Å². The van der Waals surface area contributed by atoms with Crippen molar-refractivity contribution < 1.29 is 24.1 Å². The van der Waals surface area contributed by atoms with E-state index >= 15 is 0 Å². The molecule has 0 saturated heterocycles. The van der Waals surface area contributed by atoms with Gasteiger partial charge in [0.05, 0.1) is 33.9 Å². The molecule has 0 heterocycles. The van der Waals surface area contributed by atoms with E-state index in [1.807, 2.05) is 49.4 Å². The molecule has 5 nitrogen and oxygen atoms in total. The molecule has 1 N–H and O–H groups in total. The quantitative estimate of drug-likeness (QED) is 0.343. The second-order valence-corrected chi connectivity index (χ2v) is 8.91. The van der Waals surface area contributed by atoms with Crippen LogP contribution in [0.1, 0.15) is 46.8 Å². The highest BCUT2D eigenvalue weighted by atomic mass is 16.5. The zero-order valence-corrected chi connectivity index (χ0v) is 21.1. The number of aryl methyl sites for hydroxylation is 1. The molecule has 0 saturated carbocycles. The molecule has 0 bridgehead atoms. The highest BCUT2D eigenvalue weighted by Crippen LogP contribution is 2.36. The largest absolute Gasteiger partial charge is 0.496 e. The maximum absolute atomic E-state index is 11.6. The predicted molar refractivity (Wildman–Crippen MR) is 138 cm³/mol. The molecule has 3 rings (SSSR count). The summed E-state index contributed by atoms with van der Waals surface area (Å²) in [5.41, 5.74) is 5.03. The van der Waals surface area contributed by atoms with E-state index < -0.39 is 6.10 Å². The van der Waals surface area contributed by atoms with Crippen LogP contribution >= 0.6 is 0 Å². The fraction of sp³-hybridized carbons (Fsp3) is 0.367. The summed E-state index contributed by atoms with van der Waals surface area (Å²) in [6, 6.07) is 22.2. The molecule has 2 atom stereocenters. The molecule has 0 aromatic heterocycles. The Morgan fingerprint density at radius 1 is 0.857 bits per heavy atom. The maximum Gasteiger partial charge on any atom is 0.309 e. The molecule has 2 unspecified atom stereocenters. The lowest BCUT2D eigenvalue weighted by Crippen LogP contribution is -2.17. The fourth-order valence-corrected chi connectivity index (χ4v) is 4.47. The Morgan fingerprint density at radius 2 is 1.46 bits per heavy atom. The van der Waals surface area contributed by atoms with Crippen LogP contribution < -0.4 is 9.47 Å². The van der Waals surface area contributed by atoms with E-state index in [4.69, 9.17) is 14.2 Å². The summed E-state index contributed by atoms with van der Waals surface area (Å²) in [5.74, 6) is 1.15. The Balaban J connectivity index is 1.81. The highest BCUT2D eigenvalue weighted by Gasteiger charge is 2.24. The van der Waals surface area contributed by atoms with Gasteiger partial charge in [-0.1, -0.05) is 54.6 Å². The van der Waals surface area contributed by atoms with Gasteiger partial charge in [0.25, 0.3) is 0 Å². The summed E-state index contributed by atoms with van der Waals surface area (Å²) in [5, 5.41) is 11.5. The lowest BCUT2D eigenvalue weighted by molar-refractivity contribution is -0.139. The van der Waals surface area contributed by atoms with Crippen molar-refractivity contribution in [3.05, 3.63) is 94.5 Å². The first-order valence-electron chi connectivity index (χ1n) is 12.0. The molecule has 35 heavy (non-hydrogen) atoms. The van der Waals surface area contributed by atoms with Gasteiger partial charge in [0.15, 0.2) is 0 Å². The standard InChI is InChI=1S/C30H36O5/c1-21-27(33-2)19-26(20-28(21)34-3)30(32)25(12-8-11-22-9-6-5-7-10-22)17-23-13-15-24(16-14-23)18-29(31)35-4/h5-7,9-10,13-16,19-20,25,30,32H,8,11-12,17-18H2,1-4H3. The first-order valence-corrected chi connectivity index (χ1v) is 12.0. The number of carbonyl (C=O) groups is 1. The second kappa shape index (κ2) is 13.0. The average molecular weight is 477 g/mol. The molecule has 0 aliphatic heterocycles. The Hall–Kier alpha value is -3.31. The number of methoxy groups -OCH3 is 3. The number of rotatable bonds is 12. The van der Waals surface area contributed by atoms with Crippen LogP contribution in [0, 0.1) is 12.8 Å². The van der Waals surface area contributed by atoms with Crippen molar-refractivity contribution in [3.63, 3.8) is 0 Å². The van der Waals surface area contributed by atoms with Gasteiger partial charge < -0.3 is 19.3 Å². The van der Waals surface area contributed by atoms with Crippen LogP contribution in [-0.2, 0) is 28.8 Å². The summed E-state index contributed by atoms with van der Waals surface area (Å²) in [7, 11) is 4.66. The van der Waals surface area contributed by atoms with Gasteiger partial charge in [0.1, 0.15) is 11.5 Å². The normalized spacial score (nSPS) is 12.6. The molecular formula is C30H36O5. The molecule has 186 valence electrons. The van der Waals surface area contributed by atoms with Gasteiger partial charge in [-0.25, -0.2) is 0 Å². The molecule has 0 spiro atoms. The minimum Gasteiger partial charge on any atom is -0.496 e. The SMILES string of the molecule is COC(=O)Cc1ccc(CC(CCCc2ccccc2)C(O)c2cc(OC)c(C)c(OC)c2)cc1. The molecule has 0 aliphatic rings. The van der Waals surface area contributed by atoms with Crippen LogP contribution in [0.25, 0.3) is 0 Å².